The first kappa shape index (κ1) is 15.7. The van der Waals surface area contributed by atoms with Crippen molar-refractivity contribution in [1.82, 2.24) is 4.98 Å². The van der Waals surface area contributed by atoms with Crippen molar-refractivity contribution in [2.24, 2.45) is 5.16 Å². The maximum Gasteiger partial charge on any atom is 0.212 e. The van der Waals surface area contributed by atoms with Crippen molar-refractivity contribution in [3.63, 3.8) is 0 Å². The summed E-state index contributed by atoms with van der Waals surface area (Å²) >= 11 is 0. The number of nitrogens with zero attached hydrogens (tertiary/aromatic N) is 2. The van der Waals surface area contributed by atoms with Gasteiger partial charge in [-0.25, -0.2) is 4.98 Å². The molecule has 0 amide bonds. The largest absolute Gasteiger partial charge is 0.481 e. The molecule has 0 radical (unpaired) electrons. The van der Waals surface area contributed by atoms with Crippen molar-refractivity contribution in [1.29, 1.82) is 0 Å². The van der Waals surface area contributed by atoms with Crippen molar-refractivity contribution in [3.8, 4) is 5.88 Å². The lowest BCUT2D eigenvalue weighted by molar-refractivity contribution is -0.169. The van der Waals surface area contributed by atoms with Gasteiger partial charge in [-0.15, -0.1) is 0 Å². The summed E-state index contributed by atoms with van der Waals surface area (Å²) in [5.74, 6) is 0.577. The number of hydrogen-bond donors (Lipinski definition) is 0. The van der Waals surface area contributed by atoms with E-state index in [9.17, 15) is 0 Å². The smallest absolute Gasteiger partial charge is 0.212 e. The molecule has 6 nitrogen and oxygen atoms in total. The number of hydrogen-bond acceptors (Lipinski definition) is 6. The van der Waals surface area contributed by atoms with E-state index >= 15 is 0 Å². The van der Waals surface area contributed by atoms with Gasteiger partial charge in [0.15, 0.2) is 6.29 Å². The number of rotatable bonds is 7. The summed E-state index contributed by atoms with van der Waals surface area (Å²) in [6, 6.07) is 3.68. The zero-order valence-corrected chi connectivity index (χ0v) is 12.6. The van der Waals surface area contributed by atoms with Crippen LogP contribution < -0.4 is 4.74 Å². The van der Waals surface area contributed by atoms with Gasteiger partial charge in [0.1, 0.15) is 6.61 Å². The van der Waals surface area contributed by atoms with Crippen LogP contribution in [0.25, 0.3) is 0 Å². The highest BCUT2D eigenvalue weighted by atomic mass is 16.7. The molecule has 2 rings (SSSR count). The van der Waals surface area contributed by atoms with Gasteiger partial charge in [0.2, 0.25) is 5.88 Å². The molecule has 116 valence electrons. The van der Waals surface area contributed by atoms with Gasteiger partial charge in [-0.2, -0.15) is 0 Å². The Morgan fingerprint density at radius 3 is 2.95 bits per heavy atom. The average molecular weight is 294 g/mol. The summed E-state index contributed by atoms with van der Waals surface area (Å²) in [5.41, 5.74) is 1.66. The third kappa shape index (κ3) is 5.32. The van der Waals surface area contributed by atoms with E-state index in [-0.39, 0.29) is 6.29 Å². The van der Waals surface area contributed by atoms with E-state index in [1.807, 2.05) is 13.0 Å². The van der Waals surface area contributed by atoms with Gasteiger partial charge in [-0.1, -0.05) is 5.16 Å². The Morgan fingerprint density at radius 1 is 1.38 bits per heavy atom. The van der Waals surface area contributed by atoms with Crippen LogP contribution in [0.3, 0.4) is 0 Å². The van der Waals surface area contributed by atoms with Gasteiger partial charge in [-0.3, -0.25) is 0 Å². The highest BCUT2D eigenvalue weighted by Crippen LogP contribution is 2.13. The molecule has 1 atom stereocenters. The van der Waals surface area contributed by atoms with Crippen LogP contribution >= 0.6 is 0 Å². The van der Waals surface area contributed by atoms with E-state index in [1.165, 1.54) is 0 Å². The van der Waals surface area contributed by atoms with Crippen LogP contribution in [0, 0.1) is 0 Å². The predicted molar refractivity (Wildman–Crippen MR) is 78.5 cm³/mol. The van der Waals surface area contributed by atoms with Crippen molar-refractivity contribution in [3.05, 3.63) is 23.9 Å². The van der Waals surface area contributed by atoms with Crippen LogP contribution in [-0.2, 0) is 14.3 Å². The monoisotopic (exact) mass is 294 g/mol. The number of ether oxygens (including phenoxy) is 3. The third-order valence-electron chi connectivity index (χ3n) is 3.18. The molecule has 1 saturated heterocycles. The Hall–Kier alpha value is -1.66. The molecule has 21 heavy (non-hydrogen) atoms. The number of oxime groups is 1. The quantitative estimate of drug-likeness (QED) is 0.439. The van der Waals surface area contributed by atoms with E-state index < -0.39 is 0 Å². The minimum Gasteiger partial charge on any atom is -0.481 e. The normalized spacial score (nSPS) is 19.3. The van der Waals surface area contributed by atoms with Crippen molar-refractivity contribution in [2.45, 2.75) is 32.5 Å². The zero-order valence-electron chi connectivity index (χ0n) is 12.6. The van der Waals surface area contributed by atoms with E-state index in [4.69, 9.17) is 19.0 Å². The Balaban J connectivity index is 1.67. The number of pyridine rings is 1. The molecule has 2 heterocycles. The zero-order chi connectivity index (χ0) is 14.9. The SMILES string of the molecule is COc1ccc(C(C)=NOCCOC2CCCCO2)cn1. The van der Waals surface area contributed by atoms with Gasteiger partial charge in [0.05, 0.1) is 19.4 Å². The predicted octanol–water partition coefficient (Wildman–Crippen LogP) is 2.37. The van der Waals surface area contributed by atoms with Crippen molar-refractivity contribution >= 4 is 5.71 Å². The second kappa shape index (κ2) is 8.59. The first-order valence-electron chi connectivity index (χ1n) is 7.20. The lowest BCUT2D eigenvalue weighted by Gasteiger charge is -2.22. The molecule has 1 fully saturated rings. The molecule has 6 heteroatoms. The Labute approximate surface area is 125 Å². The minimum atomic E-state index is -0.0850. The summed E-state index contributed by atoms with van der Waals surface area (Å²) in [5, 5.41) is 4.05. The van der Waals surface area contributed by atoms with Crippen molar-refractivity contribution < 1.29 is 19.0 Å². The molecule has 1 aromatic rings. The van der Waals surface area contributed by atoms with Crippen LogP contribution in [0.15, 0.2) is 23.5 Å². The molecule has 1 aromatic heterocycles. The molecule has 1 aliphatic heterocycles. The summed E-state index contributed by atoms with van der Waals surface area (Å²) in [7, 11) is 1.59. The maximum atomic E-state index is 5.56. The van der Waals surface area contributed by atoms with Crippen LogP contribution in [0.2, 0.25) is 0 Å². The van der Waals surface area contributed by atoms with E-state index in [2.05, 4.69) is 10.1 Å². The second-order valence-electron chi connectivity index (χ2n) is 4.77. The standard InChI is InChI=1S/C15H22N2O4/c1-12(13-6-7-14(18-2)16-11-13)17-21-10-9-20-15-5-3-4-8-19-15/h6-7,11,15H,3-5,8-10H2,1-2H3. The first-order valence-corrected chi connectivity index (χ1v) is 7.20. The van der Waals surface area contributed by atoms with Crippen LogP contribution in [0.5, 0.6) is 5.88 Å². The van der Waals surface area contributed by atoms with Gasteiger partial charge in [0.25, 0.3) is 0 Å². The van der Waals surface area contributed by atoms with Crippen LogP contribution in [0.1, 0.15) is 31.7 Å². The minimum absolute atomic E-state index is 0.0850. The molecule has 0 spiro atoms. The van der Waals surface area contributed by atoms with E-state index in [0.29, 0.717) is 19.1 Å². The third-order valence-corrected chi connectivity index (χ3v) is 3.18. The van der Waals surface area contributed by atoms with E-state index in [1.54, 1.807) is 19.4 Å². The van der Waals surface area contributed by atoms with Gasteiger partial charge < -0.3 is 19.0 Å². The topological polar surface area (TPSA) is 62.2 Å². The summed E-state index contributed by atoms with van der Waals surface area (Å²) in [4.78, 5) is 9.37. The molecule has 0 saturated carbocycles. The number of aromatic nitrogens is 1. The number of methoxy groups -OCH3 is 1. The fourth-order valence-corrected chi connectivity index (χ4v) is 1.97. The highest BCUT2D eigenvalue weighted by Gasteiger charge is 2.13. The first-order chi connectivity index (χ1) is 10.3. The second-order valence-corrected chi connectivity index (χ2v) is 4.77. The highest BCUT2D eigenvalue weighted by molar-refractivity contribution is 5.98. The summed E-state index contributed by atoms with van der Waals surface area (Å²) in [6.45, 7) is 3.53. The Bertz CT molecular complexity index is 441. The van der Waals surface area contributed by atoms with Crippen LogP contribution in [0.4, 0.5) is 0 Å². The average Bonchev–Trinajstić information content (AvgIpc) is 2.55. The van der Waals surface area contributed by atoms with Crippen LogP contribution in [-0.4, -0.2) is 43.9 Å². The summed E-state index contributed by atoms with van der Waals surface area (Å²) in [6.07, 6.45) is 4.86. The lowest BCUT2D eigenvalue weighted by atomic mass is 10.2. The molecule has 0 bridgehead atoms. The van der Waals surface area contributed by atoms with Crippen molar-refractivity contribution in [2.75, 3.05) is 26.9 Å². The Morgan fingerprint density at radius 2 is 2.29 bits per heavy atom. The molecule has 1 aliphatic rings. The fourth-order valence-electron chi connectivity index (χ4n) is 1.97. The Kier molecular flexibility index (Phi) is 6.43. The lowest BCUT2D eigenvalue weighted by Crippen LogP contribution is -2.23. The molecular weight excluding hydrogens is 272 g/mol. The van der Waals surface area contributed by atoms with Gasteiger partial charge in [-0.05, 0) is 32.3 Å². The molecule has 0 aliphatic carbocycles. The fraction of sp³-hybridized carbons (Fsp3) is 0.600. The van der Waals surface area contributed by atoms with Gasteiger partial charge >= 0.3 is 0 Å². The molecule has 0 aromatic carbocycles. The maximum absolute atomic E-state index is 5.56. The summed E-state index contributed by atoms with van der Waals surface area (Å²) < 4.78 is 16.0. The molecular formula is C15H22N2O4. The van der Waals surface area contributed by atoms with Gasteiger partial charge in [0, 0.05) is 24.4 Å². The molecule has 0 N–H and O–H groups in total. The molecule has 1 unspecified atom stereocenters. The van der Waals surface area contributed by atoms with E-state index in [0.717, 1.165) is 37.1 Å².